The van der Waals surface area contributed by atoms with Gasteiger partial charge in [0.1, 0.15) is 12.1 Å². The summed E-state index contributed by atoms with van der Waals surface area (Å²) >= 11 is 0. The van der Waals surface area contributed by atoms with E-state index < -0.39 is 24.3 Å². The molecular formula is C12H16F4N4O. The van der Waals surface area contributed by atoms with Crippen molar-refractivity contribution < 1.29 is 22.7 Å². The molecule has 1 fully saturated rings. The lowest BCUT2D eigenvalue weighted by molar-refractivity contribution is -0.257. The number of piperazine rings is 1. The van der Waals surface area contributed by atoms with E-state index in [1.54, 1.807) is 4.90 Å². The first-order chi connectivity index (χ1) is 9.69. The molecule has 9 heteroatoms. The van der Waals surface area contributed by atoms with Gasteiger partial charge in [0.25, 0.3) is 0 Å². The van der Waals surface area contributed by atoms with Crippen LogP contribution >= 0.6 is 0 Å². The van der Waals surface area contributed by atoms with Crippen LogP contribution in [0, 0.1) is 5.95 Å². The number of halogens is 4. The van der Waals surface area contributed by atoms with Crippen LogP contribution < -0.4 is 4.90 Å². The molecule has 5 nitrogen and oxygen atoms in total. The van der Waals surface area contributed by atoms with Crippen molar-refractivity contribution in [2.24, 2.45) is 0 Å². The number of rotatable bonds is 3. The number of β-amino-alcohol motifs (C(OH)–C–C–N with tert-alkyl or cyclic N) is 1. The molecule has 0 saturated carbocycles. The molecule has 2 rings (SSSR count). The first-order valence-corrected chi connectivity index (χ1v) is 6.43. The predicted octanol–water partition coefficient (Wildman–Crippen LogP) is 1.05. The fraction of sp³-hybridized carbons (Fsp3) is 0.667. The highest BCUT2D eigenvalue weighted by molar-refractivity contribution is 5.37. The van der Waals surface area contributed by atoms with Gasteiger partial charge in [0.2, 0.25) is 5.95 Å². The van der Waals surface area contributed by atoms with Crippen LogP contribution in [0.3, 0.4) is 0 Å². The van der Waals surface area contributed by atoms with E-state index in [-0.39, 0.29) is 0 Å². The van der Waals surface area contributed by atoms with Crippen LogP contribution in [0.4, 0.5) is 23.4 Å². The molecule has 1 aliphatic rings. The van der Waals surface area contributed by atoms with Crippen LogP contribution in [-0.2, 0) is 0 Å². The Hall–Kier alpha value is -1.48. The molecule has 1 N–H and O–H groups in total. The lowest BCUT2D eigenvalue weighted by atomic mass is 10.1. The second kappa shape index (κ2) is 5.72. The molecule has 2 heterocycles. The third kappa shape index (κ3) is 3.79. The summed E-state index contributed by atoms with van der Waals surface area (Å²) in [6, 6.07) is 1.18. The van der Waals surface area contributed by atoms with Gasteiger partial charge in [-0.25, -0.2) is 9.97 Å². The summed E-state index contributed by atoms with van der Waals surface area (Å²) in [4.78, 5) is 10.6. The number of alkyl halides is 3. The zero-order chi connectivity index (χ0) is 15.7. The maximum absolute atomic E-state index is 13.0. The van der Waals surface area contributed by atoms with E-state index in [0.717, 1.165) is 13.3 Å². The first-order valence-electron chi connectivity index (χ1n) is 6.43. The maximum Gasteiger partial charge on any atom is 0.418 e. The Morgan fingerprint density at radius 2 is 1.81 bits per heavy atom. The van der Waals surface area contributed by atoms with Gasteiger partial charge in [0, 0.05) is 38.8 Å². The van der Waals surface area contributed by atoms with Gasteiger partial charge in [0.05, 0.1) is 0 Å². The number of hydrogen-bond acceptors (Lipinski definition) is 5. The van der Waals surface area contributed by atoms with E-state index in [2.05, 4.69) is 9.97 Å². The minimum absolute atomic E-state index is 0.331. The molecule has 1 aromatic heterocycles. The standard InChI is InChI=1S/C12H16F4N4O/c1-11(21,12(14,15)16)7-19-2-4-20(5-3-19)10-6-9(13)17-8-18-10/h6,8,21H,2-5,7H2,1H3. The molecule has 0 aromatic carbocycles. The highest BCUT2D eigenvalue weighted by Gasteiger charge is 2.50. The molecule has 1 unspecified atom stereocenters. The van der Waals surface area contributed by atoms with Crippen LogP contribution in [0.15, 0.2) is 12.4 Å². The average molecular weight is 308 g/mol. The molecule has 118 valence electrons. The molecule has 1 aliphatic heterocycles. The van der Waals surface area contributed by atoms with Crippen molar-refractivity contribution in [3.63, 3.8) is 0 Å². The van der Waals surface area contributed by atoms with Crippen molar-refractivity contribution >= 4 is 5.82 Å². The SMILES string of the molecule is CC(O)(CN1CCN(c2cc(F)ncn2)CC1)C(F)(F)F. The van der Waals surface area contributed by atoms with Crippen molar-refractivity contribution in [3.8, 4) is 0 Å². The van der Waals surface area contributed by atoms with E-state index in [1.807, 2.05) is 0 Å². The van der Waals surface area contributed by atoms with Crippen molar-refractivity contribution in [1.82, 2.24) is 14.9 Å². The molecule has 21 heavy (non-hydrogen) atoms. The Morgan fingerprint density at radius 3 is 2.33 bits per heavy atom. The number of anilines is 1. The first kappa shape index (κ1) is 15.9. The summed E-state index contributed by atoms with van der Waals surface area (Å²) in [5.41, 5.74) is -2.74. The number of aromatic nitrogens is 2. The molecular weight excluding hydrogens is 292 g/mol. The molecule has 1 saturated heterocycles. The predicted molar refractivity (Wildman–Crippen MR) is 67.3 cm³/mol. The molecule has 1 aromatic rings. The van der Waals surface area contributed by atoms with Gasteiger partial charge in [-0.05, 0) is 6.92 Å². The van der Waals surface area contributed by atoms with Crippen molar-refractivity contribution in [3.05, 3.63) is 18.3 Å². The summed E-state index contributed by atoms with van der Waals surface area (Å²) in [6.07, 6.45) is -3.56. The zero-order valence-electron chi connectivity index (χ0n) is 11.4. The Kier molecular flexibility index (Phi) is 4.33. The van der Waals surface area contributed by atoms with Gasteiger partial charge < -0.3 is 10.0 Å². The van der Waals surface area contributed by atoms with Crippen LogP contribution in [0.1, 0.15) is 6.92 Å². The van der Waals surface area contributed by atoms with Gasteiger partial charge >= 0.3 is 6.18 Å². The number of nitrogens with zero attached hydrogens (tertiary/aromatic N) is 4. The van der Waals surface area contributed by atoms with Crippen molar-refractivity contribution in [2.45, 2.75) is 18.7 Å². The fourth-order valence-corrected chi connectivity index (χ4v) is 2.16. The van der Waals surface area contributed by atoms with Crippen molar-refractivity contribution in [1.29, 1.82) is 0 Å². The van der Waals surface area contributed by atoms with Crippen LogP contribution in [0.5, 0.6) is 0 Å². The third-order valence-corrected chi connectivity index (χ3v) is 3.46. The monoisotopic (exact) mass is 308 g/mol. The van der Waals surface area contributed by atoms with Gasteiger partial charge in [0.15, 0.2) is 5.60 Å². The molecule has 0 radical (unpaired) electrons. The topological polar surface area (TPSA) is 52.5 Å². The summed E-state index contributed by atoms with van der Waals surface area (Å²) in [7, 11) is 0. The molecule has 0 amide bonds. The summed E-state index contributed by atoms with van der Waals surface area (Å²) < 4.78 is 50.9. The van der Waals surface area contributed by atoms with E-state index in [0.29, 0.717) is 32.0 Å². The van der Waals surface area contributed by atoms with Gasteiger partial charge in [-0.3, -0.25) is 4.90 Å². The van der Waals surface area contributed by atoms with Gasteiger partial charge in [-0.15, -0.1) is 0 Å². The van der Waals surface area contributed by atoms with E-state index in [9.17, 15) is 22.7 Å². The molecule has 0 spiro atoms. The second-order valence-electron chi connectivity index (χ2n) is 5.23. The van der Waals surface area contributed by atoms with Gasteiger partial charge in [-0.1, -0.05) is 0 Å². The van der Waals surface area contributed by atoms with E-state index >= 15 is 0 Å². The zero-order valence-corrected chi connectivity index (χ0v) is 11.4. The molecule has 1 atom stereocenters. The van der Waals surface area contributed by atoms with Crippen LogP contribution in [0.2, 0.25) is 0 Å². The third-order valence-electron chi connectivity index (χ3n) is 3.46. The Morgan fingerprint density at radius 1 is 1.19 bits per heavy atom. The molecule has 0 aliphatic carbocycles. The normalized spacial score (nSPS) is 20.4. The minimum atomic E-state index is -4.67. The van der Waals surface area contributed by atoms with Crippen LogP contribution in [-0.4, -0.2) is 64.5 Å². The average Bonchev–Trinajstić information content (AvgIpc) is 2.38. The van der Waals surface area contributed by atoms with Crippen molar-refractivity contribution in [2.75, 3.05) is 37.6 Å². The van der Waals surface area contributed by atoms with E-state index in [1.165, 1.54) is 11.0 Å². The Labute approximate surface area is 119 Å². The second-order valence-corrected chi connectivity index (χ2v) is 5.23. The van der Waals surface area contributed by atoms with E-state index in [4.69, 9.17) is 0 Å². The summed E-state index contributed by atoms with van der Waals surface area (Å²) in [5.74, 6) is -0.243. The number of hydrogen-bond donors (Lipinski definition) is 1. The smallest absolute Gasteiger partial charge is 0.380 e. The highest BCUT2D eigenvalue weighted by atomic mass is 19.4. The fourth-order valence-electron chi connectivity index (χ4n) is 2.16. The Balaban J connectivity index is 1.92. The maximum atomic E-state index is 13.0. The lowest BCUT2D eigenvalue weighted by Gasteiger charge is -2.39. The highest BCUT2D eigenvalue weighted by Crippen LogP contribution is 2.31. The largest absolute Gasteiger partial charge is 0.418 e. The lowest BCUT2D eigenvalue weighted by Crippen LogP contribution is -2.56. The van der Waals surface area contributed by atoms with Gasteiger partial charge in [-0.2, -0.15) is 17.6 Å². The summed E-state index contributed by atoms with van der Waals surface area (Å²) in [5, 5.41) is 9.47. The quantitative estimate of drug-likeness (QED) is 0.668. The summed E-state index contributed by atoms with van der Waals surface area (Å²) in [6.45, 7) is 1.76. The molecule has 0 bridgehead atoms. The van der Waals surface area contributed by atoms with Crippen LogP contribution in [0.25, 0.3) is 0 Å². The minimum Gasteiger partial charge on any atom is -0.380 e. The number of aliphatic hydroxyl groups is 1. The Bertz CT molecular complexity index is 486.